The van der Waals surface area contributed by atoms with E-state index in [-0.39, 0.29) is 5.91 Å². The molecule has 4 rings (SSSR count). The van der Waals surface area contributed by atoms with Gasteiger partial charge in [-0.05, 0) is 49.7 Å². The molecule has 1 aliphatic rings. The van der Waals surface area contributed by atoms with Crippen molar-refractivity contribution < 1.29 is 9.21 Å². The van der Waals surface area contributed by atoms with Gasteiger partial charge in [0, 0.05) is 24.1 Å². The predicted octanol–water partition coefficient (Wildman–Crippen LogP) is 2.79. The Morgan fingerprint density at radius 1 is 1.27 bits per heavy atom. The minimum absolute atomic E-state index is 0.206. The van der Waals surface area contributed by atoms with Crippen LogP contribution in [0, 0.1) is 0 Å². The molecule has 1 fully saturated rings. The van der Waals surface area contributed by atoms with E-state index < -0.39 is 0 Å². The van der Waals surface area contributed by atoms with Crippen LogP contribution in [0.15, 0.2) is 47.3 Å². The lowest BCUT2D eigenvalue weighted by Gasteiger charge is -2.19. The molecule has 1 saturated heterocycles. The summed E-state index contributed by atoms with van der Waals surface area (Å²) in [7, 11) is 1.80. The number of furan rings is 1. The summed E-state index contributed by atoms with van der Waals surface area (Å²) in [6.07, 6.45) is 5.31. The molecule has 1 aromatic carbocycles. The van der Waals surface area contributed by atoms with Gasteiger partial charge in [0.25, 0.3) is 5.91 Å². The Morgan fingerprint density at radius 3 is 2.88 bits per heavy atom. The number of carbonyl (C=O) groups is 1. The first-order valence-electron chi connectivity index (χ1n) is 8.76. The molecule has 1 aliphatic heterocycles. The first-order valence-corrected chi connectivity index (χ1v) is 8.76. The predicted molar refractivity (Wildman–Crippen MR) is 97.9 cm³/mol. The molecule has 3 aromatic rings. The molecule has 0 saturated carbocycles. The molecule has 3 heterocycles. The van der Waals surface area contributed by atoms with Crippen molar-refractivity contribution >= 4 is 11.9 Å². The maximum Gasteiger partial charge on any atom is 0.258 e. The van der Waals surface area contributed by atoms with E-state index in [0.29, 0.717) is 17.4 Å². The normalized spacial score (nSPS) is 15.1. The zero-order chi connectivity index (χ0) is 17.9. The number of aryl methyl sites for hydroxylation is 1. The molecule has 2 N–H and O–H groups in total. The molecule has 0 atom stereocenters. The van der Waals surface area contributed by atoms with Crippen LogP contribution in [0.2, 0.25) is 0 Å². The van der Waals surface area contributed by atoms with E-state index in [9.17, 15) is 4.79 Å². The fourth-order valence-corrected chi connectivity index (χ4v) is 3.21. The Hall–Kier alpha value is -2.93. The Kier molecular flexibility index (Phi) is 4.53. The maximum absolute atomic E-state index is 12.6. The smallest absolute Gasteiger partial charge is 0.258 e. The van der Waals surface area contributed by atoms with Crippen LogP contribution in [0.1, 0.15) is 34.9 Å². The fraction of sp³-hybridized carbons (Fsp3) is 0.316. The van der Waals surface area contributed by atoms with Crippen LogP contribution in [0.4, 0.5) is 5.95 Å². The van der Waals surface area contributed by atoms with Crippen LogP contribution in [0.3, 0.4) is 0 Å². The number of piperidine rings is 1. The molecule has 7 nitrogen and oxygen atoms in total. The largest absolute Gasteiger partial charge is 0.472 e. The van der Waals surface area contributed by atoms with E-state index >= 15 is 0 Å². The molecule has 0 aliphatic carbocycles. The number of anilines is 1. The van der Waals surface area contributed by atoms with Gasteiger partial charge in [-0.25, -0.2) is 4.68 Å². The number of carbonyl (C=O) groups excluding carboxylic acids is 1. The summed E-state index contributed by atoms with van der Waals surface area (Å²) in [6, 6.07) is 9.28. The van der Waals surface area contributed by atoms with E-state index in [1.54, 1.807) is 30.3 Å². The SMILES string of the molecule is Cn1nc(C2CCNCC2)nc1NC(=O)c1cccc(-c2ccoc2)c1. The second-order valence-electron chi connectivity index (χ2n) is 6.49. The Bertz CT molecular complexity index is 895. The maximum atomic E-state index is 12.6. The van der Waals surface area contributed by atoms with Crippen LogP contribution in [-0.4, -0.2) is 33.8 Å². The zero-order valence-electron chi connectivity index (χ0n) is 14.6. The van der Waals surface area contributed by atoms with E-state index in [4.69, 9.17) is 4.42 Å². The van der Waals surface area contributed by atoms with Crippen LogP contribution < -0.4 is 10.6 Å². The van der Waals surface area contributed by atoms with Crippen LogP contribution in [0.25, 0.3) is 11.1 Å². The van der Waals surface area contributed by atoms with Crippen LogP contribution in [0.5, 0.6) is 0 Å². The van der Waals surface area contributed by atoms with E-state index in [2.05, 4.69) is 20.7 Å². The number of amides is 1. The van der Waals surface area contributed by atoms with Gasteiger partial charge in [0.15, 0.2) is 5.82 Å². The Labute approximate surface area is 151 Å². The summed E-state index contributed by atoms with van der Waals surface area (Å²) in [5, 5.41) is 10.7. The van der Waals surface area contributed by atoms with Crippen molar-refractivity contribution in [2.75, 3.05) is 18.4 Å². The number of rotatable bonds is 4. The quantitative estimate of drug-likeness (QED) is 0.755. The van der Waals surface area contributed by atoms with Gasteiger partial charge in [0.05, 0.1) is 12.5 Å². The number of aromatic nitrogens is 3. The lowest BCUT2D eigenvalue weighted by Crippen LogP contribution is -2.27. The lowest BCUT2D eigenvalue weighted by atomic mass is 9.98. The molecule has 7 heteroatoms. The van der Waals surface area contributed by atoms with E-state index in [1.807, 2.05) is 24.3 Å². The van der Waals surface area contributed by atoms with Gasteiger partial charge < -0.3 is 9.73 Å². The third-order valence-electron chi connectivity index (χ3n) is 4.69. The van der Waals surface area contributed by atoms with Crippen molar-refractivity contribution in [3.05, 3.63) is 54.2 Å². The monoisotopic (exact) mass is 351 g/mol. The van der Waals surface area contributed by atoms with Crippen molar-refractivity contribution in [3.8, 4) is 11.1 Å². The standard InChI is InChI=1S/C19H21N5O2/c1-24-19(21-17(23-24)13-5-8-20-9-6-13)22-18(25)15-4-2-3-14(11-15)16-7-10-26-12-16/h2-4,7,10-13,20H,5-6,8-9H2,1H3,(H,21,22,23,25). The van der Waals surface area contributed by atoms with Crippen LogP contribution >= 0.6 is 0 Å². The highest BCUT2D eigenvalue weighted by Crippen LogP contribution is 2.24. The highest BCUT2D eigenvalue weighted by Gasteiger charge is 2.21. The molecule has 134 valence electrons. The van der Waals surface area contributed by atoms with Crippen molar-refractivity contribution in [1.29, 1.82) is 0 Å². The number of nitrogens with zero attached hydrogens (tertiary/aromatic N) is 3. The average molecular weight is 351 g/mol. The van der Waals surface area contributed by atoms with Gasteiger partial charge in [-0.15, -0.1) is 0 Å². The number of hydrogen-bond donors (Lipinski definition) is 2. The average Bonchev–Trinajstić information content (AvgIpc) is 3.33. The molecule has 0 spiro atoms. The molecule has 2 aromatic heterocycles. The van der Waals surface area contributed by atoms with Crippen molar-refractivity contribution in [1.82, 2.24) is 20.1 Å². The zero-order valence-corrected chi connectivity index (χ0v) is 14.6. The first-order chi connectivity index (χ1) is 12.7. The number of nitrogens with one attached hydrogen (secondary N) is 2. The molecule has 0 unspecified atom stereocenters. The molecular weight excluding hydrogens is 330 g/mol. The third-order valence-corrected chi connectivity index (χ3v) is 4.69. The summed E-state index contributed by atoms with van der Waals surface area (Å²) in [6.45, 7) is 1.96. The van der Waals surface area contributed by atoms with Crippen molar-refractivity contribution in [2.45, 2.75) is 18.8 Å². The topological polar surface area (TPSA) is 85.0 Å². The van der Waals surface area contributed by atoms with Crippen LogP contribution in [-0.2, 0) is 7.05 Å². The van der Waals surface area contributed by atoms with Gasteiger partial charge in [-0.3, -0.25) is 10.1 Å². The highest BCUT2D eigenvalue weighted by atomic mass is 16.3. The molecule has 0 radical (unpaired) electrons. The number of hydrogen-bond acceptors (Lipinski definition) is 5. The third kappa shape index (κ3) is 3.39. The van der Waals surface area contributed by atoms with Gasteiger partial charge in [-0.2, -0.15) is 10.1 Å². The Morgan fingerprint density at radius 2 is 2.12 bits per heavy atom. The Balaban J connectivity index is 1.51. The van der Waals surface area contributed by atoms with Gasteiger partial charge >= 0.3 is 0 Å². The minimum Gasteiger partial charge on any atom is -0.472 e. The summed E-state index contributed by atoms with van der Waals surface area (Å²) in [5.41, 5.74) is 2.43. The van der Waals surface area contributed by atoms with Crippen molar-refractivity contribution in [2.24, 2.45) is 7.05 Å². The van der Waals surface area contributed by atoms with E-state index in [1.165, 1.54) is 0 Å². The summed E-state index contributed by atoms with van der Waals surface area (Å²) in [4.78, 5) is 17.2. The summed E-state index contributed by atoms with van der Waals surface area (Å²) in [5.74, 6) is 1.41. The van der Waals surface area contributed by atoms with E-state index in [0.717, 1.165) is 42.9 Å². The molecule has 26 heavy (non-hydrogen) atoms. The van der Waals surface area contributed by atoms with Gasteiger partial charge in [-0.1, -0.05) is 12.1 Å². The van der Waals surface area contributed by atoms with Crippen molar-refractivity contribution in [3.63, 3.8) is 0 Å². The second-order valence-corrected chi connectivity index (χ2v) is 6.49. The fourth-order valence-electron chi connectivity index (χ4n) is 3.21. The van der Waals surface area contributed by atoms with Gasteiger partial charge in [0.1, 0.15) is 0 Å². The minimum atomic E-state index is -0.206. The summed E-state index contributed by atoms with van der Waals surface area (Å²) >= 11 is 0. The lowest BCUT2D eigenvalue weighted by molar-refractivity contribution is 0.102. The highest BCUT2D eigenvalue weighted by molar-refractivity contribution is 6.04. The molecule has 1 amide bonds. The first kappa shape index (κ1) is 16.5. The summed E-state index contributed by atoms with van der Waals surface area (Å²) < 4.78 is 6.75. The molecular formula is C19H21N5O2. The van der Waals surface area contributed by atoms with Gasteiger partial charge in [0.2, 0.25) is 5.95 Å². The number of benzene rings is 1. The second kappa shape index (κ2) is 7.13. The molecule has 0 bridgehead atoms.